The van der Waals surface area contributed by atoms with Crippen LogP contribution in [-0.2, 0) is 17.1 Å². The number of amides is 1. The molecule has 0 bridgehead atoms. The summed E-state index contributed by atoms with van der Waals surface area (Å²) in [4.78, 5) is 12.8. The second kappa shape index (κ2) is 8.33. The quantitative estimate of drug-likeness (QED) is 0.650. The second-order valence-corrected chi connectivity index (χ2v) is 9.11. The highest BCUT2D eigenvalue weighted by Crippen LogP contribution is 2.25. The summed E-state index contributed by atoms with van der Waals surface area (Å²) in [5.41, 5.74) is 0.864. The zero-order valence-corrected chi connectivity index (χ0v) is 17.4. The number of ether oxygens (including phenoxy) is 1. The smallest absolute Gasteiger partial charge is 0.272 e. The Kier molecular flexibility index (Phi) is 5.61. The lowest BCUT2D eigenvalue weighted by molar-refractivity contribution is 0.101. The van der Waals surface area contributed by atoms with Crippen molar-refractivity contribution in [3.8, 4) is 11.5 Å². The summed E-state index contributed by atoms with van der Waals surface area (Å²) in [5.74, 6) is 0.999. The summed E-state index contributed by atoms with van der Waals surface area (Å²) in [6.07, 6.45) is 3.21. The van der Waals surface area contributed by atoms with Crippen LogP contribution in [0.15, 0.2) is 71.8 Å². The molecule has 0 spiro atoms. The SMILES string of the molecule is Cn1cc(S(=O)(=O)N2CCCC2)cc1C(=O)Nc1ccc(Oc2ccccc2)cc1. The Morgan fingerprint density at radius 3 is 2.27 bits per heavy atom. The Morgan fingerprint density at radius 1 is 0.967 bits per heavy atom. The summed E-state index contributed by atoms with van der Waals surface area (Å²) in [5, 5.41) is 2.80. The van der Waals surface area contributed by atoms with Crippen LogP contribution in [-0.4, -0.2) is 36.3 Å². The highest BCUT2D eigenvalue weighted by molar-refractivity contribution is 7.89. The minimum atomic E-state index is -3.57. The molecule has 1 aliphatic rings. The first-order valence-corrected chi connectivity index (χ1v) is 11.2. The van der Waals surface area contributed by atoms with E-state index in [1.165, 1.54) is 21.1 Å². The fourth-order valence-electron chi connectivity index (χ4n) is 3.40. The molecule has 8 heteroatoms. The van der Waals surface area contributed by atoms with E-state index in [1.54, 1.807) is 31.3 Å². The van der Waals surface area contributed by atoms with Crippen molar-refractivity contribution < 1.29 is 17.9 Å². The lowest BCUT2D eigenvalue weighted by atomic mass is 10.3. The van der Waals surface area contributed by atoms with E-state index in [0.717, 1.165) is 18.6 Å². The van der Waals surface area contributed by atoms with E-state index in [2.05, 4.69) is 5.32 Å². The molecule has 1 aromatic heterocycles. The molecule has 0 saturated carbocycles. The fraction of sp³-hybridized carbons (Fsp3) is 0.227. The number of nitrogens with zero attached hydrogens (tertiary/aromatic N) is 2. The first kappa shape index (κ1) is 20.2. The number of aryl methyl sites for hydroxylation is 1. The molecular weight excluding hydrogens is 402 g/mol. The van der Waals surface area contributed by atoms with E-state index in [0.29, 0.717) is 24.5 Å². The molecule has 1 N–H and O–H groups in total. The van der Waals surface area contributed by atoms with Crippen LogP contribution in [0.5, 0.6) is 11.5 Å². The fourth-order valence-corrected chi connectivity index (χ4v) is 4.99. The predicted octanol–water partition coefficient (Wildman–Crippen LogP) is 3.85. The Hall–Kier alpha value is -3.10. The van der Waals surface area contributed by atoms with E-state index in [4.69, 9.17) is 4.74 Å². The van der Waals surface area contributed by atoms with E-state index in [1.807, 2.05) is 30.3 Å². The monoisotopic (exact) mass is 425 g/mol. The van der Waals surface area contributed by atoms with E-state index < -0.39 is 10.0 Å². The minimum absolute atomic E-state index is 0.142. The lowest BCUT2D eigenvalue weighted by Crippen LogP contribution is -2.27. The van der Waals surface area contributed by atoms with Gasteiger partial charge in [-0.1, -0.05) is 18.2 Å². The van der Waals surface area contributed by atoms with Gasteiger partial charge in [-0.2, -0.15) is 4.31 Å². The van der Waals surface area contributed by atoms with Gasteiger partial charge in [-0.25, -0.2) is 8.42 Å². The van der Waals surface area contributed by atoms with E-state index in [9.17, 15) is 13.2 Å². The molecule has 30 heavy (non-hydrogen) atoms. The molecule has 1 amide bonds. The van der Waals surface area contributed by atoms with Crippen LogP contribution in [0.2, 0.25) is 0 Å². The average Bonchev–Trinajstić information content (AvgIpc) is 3.41. The summed E-state index contributed by atoms with van der Waals surface area (Å²) in [6.45, 7) is 1.05. The summed E-state index contributed by atoms with van der Waals surface area (Å²) >= 11 is 0. The van der Waals surface area contributed by atoms with Crippen molar-refractivity contribution >= 4 is 21.6 Å². The molecule has 2 heterocycles. The molecule has 156 valence electrons. The topological polar surface area (TPSA) is 80.6 Å². The molecule has 1 aliphatic heterocycles. The number of carbonyl (C=O) groups is 1. The second-order valence-electron chi connectivity index (χ2n) is 7.18. The number of sulfonamides is 1. The predicted molar refractivity (Wildman–Crippen MR) is 114 cm³/mol. The summed E-state index contributed by atoms with van der Waals surface area (Å²) in [6, 6.07) is 17.8. The molecule has 0 radical (unpaired) electrons. The largest absolute Gasteiger partial charge is 0.457 e. The number of aromatic nitrogens is 1. The van der Waals surface area contributed by atoms with Gasteiger partial charge in [0.05, 0.1) is 0 Å². The standard InChI is InChI=1S/C22H23N3O4S/c1-24-16-20(30(27,28)25-13-5-6-14-25)15-21(24)22(26)23-17-9-11-19(12-10-17)29-18-7-3-2-4-8-18/h2-4,7-12,15-16H,5-6,13-14H2,1H3,(H,23,26). The van der Waals surface area contributed by atoms with Gasteiger partial charge in [0.1, 0.15) is 22.1 Å². The molecule has 1 saturated heterocycles. The van der Waals surface area contributed by atoms with E-state index in [-0.39, 0.29) is 16.5 Å². The Morgan fingerprint density at radius 2 is 1.60 bits per heavy atom. The highest BCUT2D eigenvalue weighted by Gasteiger charge is 2.29. The average molecular weight is 426 g/mol. The zero-order chi connectivity index (χ0) is 21.1. The zero-order valence-electron chi connectivity index (χ0n) is 16.6. The Balaban J connectivity index is 1.46. The third-order valence-corrected chi connectivity index (χ3v) is 6.87. The van der Waals surface area contributed by atoms with Gasteiger partial charge >= 0.3 is 0 Å². The van der Waals surface area contributed by atoms with Crippen LogP contribution in [0.1, 0.15) is 23.3 Å². The van der Waals surface area contributed by atoms with Crippen molar-refractivity contribution in [1.82, 2.24) is 8.87 Å². The van der Waals surface area contributed by atoms with Crippen LogP contribution >= 0.6 is 0 Å². The van der Waals surface area contributed by atoms with Crippen LogP contribution in [0.25, 0.3) is 0 Å². The molecule has 0 aliphatic carbocycles. The van der Waals surface area contributed by atoms with Crippen molar-refractivity contribution in [2.75, 3.05) is 18.4 Å². The molecule has 0 atom stereocenters. The summed E-state index contributed by atoms with van der Waals surface area (Å²) in [7, 11) is -1.90. The van der Waals surface area contributed by atoms with Gasteiger partial charge in [-0.3, -0.25) is 4.79 Å². The number of carbonyl (C=O) groups excluding carboxylic acids is 1. The van der Waals surface area contributed by atoms with Crippen molar-refractivity contribution in [2.24, 2.45) is 7.05 Å². The molecule has 0 unspecified atom stereocenters. The maximum absolute atomic E-state index is 12.7. The summed E-state index contributed by atoms with van der Waals surface area (Å²) < 4.78 is 34.2. The van der Waals surface area contributed by atoms with Gasteiger partial charge < -0.3 is 14.6 Å². The number of nitrogens with one attached hydrogen (secondary N) is 1. The first-order chi connectivity index (χ1) is 14.4. The first-order valence-electron chi connectivity index (χ1n) is 9.74. The Bertz CT molecular complexity index is 1130. The normalized spacial score (nSPS) is 14.6. The maximum Gasteiger partial charge on any atom is 0.272 e. The van der Waals surface area contributed by atoms with Gasteiger partial charge in [-0.05, 0) is 55.3 Å². The molecule has 2 aromatic carbocycles. The minimum Gasteiger partial charge on any atom is -0.457 e. The van der Waals surface area contributed by atoms with Crippen molar-refractivity contribution in [1.29, 1.82) is 0 Å². The van der Waals surface area contributed by atoms with Crippen molar-refractivity contribution in [3.05, 3.63) is 72.6 Å². The van der Waals surface area contributed by atoms with Crippen LogP contribution in [0.4, 0.5) is 5.69 Å². The van der Waals surface area contributed by atoms with Crippen molar-refractivity contribution in [3.63, 3.8) is 0 Å². The van der Waals surface area contributed by atoms with Gasteiger partial charge in [0.15, 0.2) is 0 Å². The van der Waals surface area contributed by atoms with Gasteiger partial charge in [0.2, 0.25) is 10.0 Å². The number of benzene rings is 2. The number of rotatable bonds is 6. The van der Waals surface area contributed by atoms with Crippen LogP contribution in [0, 0.1) is 0 Å². The maximum atomic E-state index is 12.7. The van der Waals surface area contributed by atoms with Gasteiger partial charge in [0, 0.05) is 32.0 Å². The Labute approximate surface area is 175 Å². The number of hydrogen-bond donors (Lipinski definition) is 1. The number of anilines is 1. The molecule has 3 aromatic rings. The third kappa shape index (κ3) is 4.24. The van der Waals surface area contributed by atoms with Crippen LogP contribution < -0.4 is 10.1 Å². The molecule has 7 nitrogen and oxygen atoms in total. The van der Waals surface area contributed by atoms with E-state index >= 15 is 0 Å². The lowest BCUT2D eigenvalue weighted by Gasteiger charge is -2.13. The van der Waals surface area contributed by atoms with Crippen molar-refractivity contribution in [2.45, 2.75) is 17.7 Å². The van der Waals surface area contributed by atoms with Crippen LogP contribution in [0.3, 0.4) is 0 Å². The van der Waals surface area contributed by atoms with Gasteiger partial charge in [-0.15, -0.1) is 0 Å². The molecular formula is C22H23N3O4S. The van der Waals surface area contributed by atoms with Gasteiger partial charge in [0.25, 0.3) is 5.91 Å². The molecule has 1 fully saturated rings. The molecule has 4 rings (SSSR count). The number of para-hydroxylation sites is 1. The number of hydrogen-bond acceptors (Lipinski definition) is 4. The highest BCUT2D eigenvalue weighted by atomic mass is 32.2. The third-order valence-electron chi connectivity index (χ3n) is 5.01.